The van der Waals surface area contributed by atoms with Gasteiger partial charge in [-0.25, -0.2) is 0 Å². The van der Waals surface area contributed by atoms with Gasteiger partial charge in [-0.2, -0.15) is 0 Å². The first-order chi connectivity index (χ1) is 5.71. The summed E-state index contributed by atoms with van der Waals surface area (Å²) in [6.07, 6.45) is 3.21. The Morgan fingerprint density at radius 3 is 1.50 bits per heavy atom. The van der Waals surface area contributed by atoms with E-state index in [1.165, 1.54) is 0 Å². The van der Waals surface area contributed by atoms with E-state index < -0.39 is 0 Å². The predicted octanol–water partition coefficient (Wildman–Crippen LogP) is 0.829. The first-order valence-corrected chi connectivity index (χ1v) is 4.77. The van der Waals surface area contributed by atoms with E-state index in [2.05, 4.69) is 36.4 Å². The summed E-state index contributed by atoms with van der Waals surface area (Å²) in [6.45, 7) is 4.39. The van der Waals surface area contributed by atoms with E-state index in [1.54, 1.807) is 0 Å². The Kier molecular flexibility index (Phi) is 6.34. The fourth-order valence-corrected chi connectivity index (χ4v) is 1.61. The molecule has 0 amide bonds. The maximum Gasteiger partial charge on any atom is 0.0602 e. The average molecular weight is 173 g/mol. The molecule has 0 saturated heterocycles. The molecule has 3 nitrogen and oxygen atoms in total. The molecule has 12 heavy (non-hydrogen) atoms. The van der Waals surface area contributed by atoms with Crippen LogP contribution in [0.25, 0.3) is 0 Å². The second kappa shape index (κ2) is 6.40. The standard InChI is InChI=1S/C9H23N3/c1-6-8(10-3)12(5)9(7-2)11-4/h8-11H,6-7H2,1-5H3. The number of hydrogen-bond acceptors (Lipinski definition) is 3. The van der Waals surface area contributed by atoms with Crippen molar-refractivity contribution < 1.29 is 0 Å². The van der Waals surface area contributed by atoms with E-state index in [0.717, 1.165) is 12.8 Å². The van der Waals surface area contributed by atoms with Gasteiger partial charge in [-0.3, -0.25) is 4.90 Å². The zero-order valence-electron chi connectivity index (χ0n) is 9.02. The van der Waals surface area contributed by atoms with Gasteiger partial charge < -0.3 is 10.6 Å². The predicted molar refractivity (Wildman–Crippen MR) is 54.0 cm³/mol. The highest BCUT2D eigenvalue weighted by atomic mass is 15.3. The summed E-state index contributed by atoms with van der Waals surface area (Å²) in [5, 5.41) is 6.57. The van der Waals surface area contributed by atoms with Gasteiger partial charge in [0.2, 0.25) is 0 Å². The fraction of sp³-hybridized carbons (Fsp3) is 1.00. The van der Waals surface area contributed by atoms with Gasteiger partial charge in [-0.05, 0) is 34.0 Å². The topological polar surface area (TPSA) is 27.3 Å². The highest BCUT2D eigenvalue weighted by Crippen LogP contribution is 2.03. The van der Waals surface area contributed by atoms with Crippen molar-refractivity contribution in [2.24, 2.45) is 0 Å². The molecule has 2 unspecified atom stereocenters. The Hall–Kier alpha value is -0.120. The molecule has 0 aliphatic rings. The second-order valence-corrected chi connectivity index (χ2v) is 3.09. The Balaban J connectivity index is 4.02. The van der Waals surface area contributed by atoms with Crippen LogP contribution in [0.1, 0.15) is 26.7 Å². The highest BCUT2D eigenvalue weighted by Gasteiger charge is 2.16. The molecule has 0 heterocycles. The van der Waals surface area contributed by atoms with Crippen LogP contribution in [0.4, 0.5) is 0 Å². The van der Waals surface area contributed by atoms with E-state index in [1.807, 2.05) is 14.1 Å². The van der Waals surface area contributed by atoms with Crippen molar-refractivity contribution >= 4 is 0 Å². The summed E-state index contributed by atoms with van der Waals surface area (Å²) in [6, 6.07) is 0. The molecule has 74 valence electrons. The van der Waals surface area contributed by atoms with Crippen molar-refractivity contribution in [1.82, 2.24) is 15.5 Å². The molecule has 0 aromatic heterocycles. The van der Waals surface area contributed by atoms with Crippen LogP contribution in [0.3, 0.4) is 0 Å². The van der Waals surface area contributed by atoms with E-state index in [4.69, 9.17) is 0 Å². The normalized spacial score (nSPS) is 16.5. The first kappa shape index (κ1) is 11.9. The lowest BCUT2D eigenvalue weighted by molar-refractivity contribution is 0.125. The molecule has 0 radical (unpaired) electrons. The van der Waals surface area contributed by atoms with Crippen LogP contribution >= 0.6 is 0 Å². The van der Waals surface area contributed by atoms with Crippen molar-refractivity contribution in [2.75, 3.05) is 21.1 Å². The van der Waals surface area contributed by atoms with Gasteiger partial charge in [-0.1, -0.05) is 13.8 Å². The summed E-state index contributed by atoms with van der Waals surface area (Å²) in [7, 11) is 6.16. The molecule has 0 bridgehead atoms. The van der Waals surface area contributed by atoms with E-state index in [9.17, 15) is 0 Å². The van der Waals surface area contributed by atoms with Gasteiger partial charge in [-0.15, -0.1) is 0 Å². The van der Waals surface area contributed by atoms with Crippen molar-refractivity contribution in [3.8, 4) is 0 Å². The van der Waals surface area contributed by atoms with Crippen LogP contribution in [0.5, 0.6) is 0 Å². The molecule has 0 fully saturated rings. The summed E-state index contributed by atoms with van der Waals surface area (Å²) in [5.41, 5.74) is 0. The first-order valence-electron chi connectivity index (χ1n) is 4.77. The van der Waals surface area contributed by atoms with Crippen LogP contribution in [0.15, 0.2) is 0 Å². The maximum atomic E-state index is 3.29. The van der Waals surface area contributed by atoms with Crippen LogP contribution < -0.4 is 10.6 Å². The molecule has 0 aromatic carbocycles. The Labute approximate surface area is 76.5 Å². The monoisotopic (exact) mass is 173 g/mol. The quantitative estimate of drug-likeness (QED) is 0.583. The molecule has 0 aromatic rings. The Morgan fingerprint density at radius 2 is 1.33 bits per heavy atom. The number of hydrogen-bond donors (Lipinski definition) is 2. The van der Waals surface area contributed by atoms with Gasteiger partial charge in [0.1, 0.15) is 0 Å². The molecule has 0 rings (SSSR count). The average Bonchev–Trinajstić information content (AvgIpc) is 2.09. The summed E-state index contributed by atoms with van der Waals surface area (Å²) >= 11 is 0. The third-order valence-corrected chi connectivity index (χ3v) is 2.42. The van der Waals surface area contributed by atoms with Gasteiger partial charge in [0.15, 0.2) is 0 Å². The zero-order valence-corrected chi connectivity index (χ0v) is 9.02. The second-order valence-electron chi connectivity index (χ2n) is 3.09. The molecule has 0 saturated carbocycles. The lowest BCUT2D eigenvalue weighted by Crippen LogP contribution is -2.51. The van der Waals surface area contributed by atoms with Gasteiger partial charge >= 0.3 is 0 Å². The third-order valence-electron chi connectivity index (χ3n) is 2.42. The van der Waals surface area contributed by atoms with E-state index in [-0.39, 0.29) is 0 Å². The Morgan fingerprint density at radius 1 is 1.00 bits per heavy atom. The molecule has 2 N–H and O–H groups in total. The summed E-state index contributed by atoms with van der Waals surface area (Å²) in [4.78, 5) is 2.33. The molecule has 0 aliphatic heterocycles. The minimum atomic E-state index is 0.474. The van der Waals surface area contributed by atoms with Gasteiger partial charge in [0, 0.05) is 0 Å². The number of nitrogens with one attached hydrogen (secondary N) is 2. The lowest BCUT2D eigenvalue weighted by Gasteiger charge is -2.33. The van der Waals surface area contributed by atoms with E-state index >= 15 is 0 Å². The van der Waals surface area contributed by atoms with Crippen LogP contribution in [-0.4, -0.2) is 38.4 Å². The van der Waals surface area contributed by atoms with Crippen molar-refractivity contribution in [2.45, 2.75) is 39.0 Å². The Bertz CT molecular complexity index is 85.9. The minimum Gasteiger partial charge on any atom is -0.305 e. The number of rotatable bonds is 6. The van der Waals surface area contributed by atoms with Gasteiger partial charge in [0.25, 0.3) is 0 Å². The number of nitrogens with zero attached hydrogens (tertiary/aromatic N) is 1. The third kappa shape index (κ3) is 3.09. The molecule has 0 aliphatic carbocycles. The molecule has 2 atom stereocenters. The van der Waals surface area contributed by atoms with Crippen molar-refractivity contribution in [3.63, 3.8) is 0 Å². The smallest absolute Gasteiger partial charge is 0.0602 e. The lowest BCUT2D eigenvalue weighted by atomic mass is 10.2. The maximum absolute atomic E-state index is 3.29. The summed E-state index contributed by atoms with van der Waals surface area (Å²) in [5.74, 6) is 0. The fourth-order valence-electron chi connectivity index (χ4n) is 1.61. The SMILES string of the molecule is CCC(NC)N(C)C(CC)NC. The highest BCUT2D eigenvalue weighted by molar-refractivity contribution is 4.69. The van der Waals surface area contributed by atoms with Gasteiger partial charge in [0.05, 0.1) is 12.3 Å². The van der Waals surface area contributed by atoms with Crippen molar-refractivity contribution in [3.05, 3.63) is 0 Å². The molecule has 3 heteroatoms. The van der Waals surface area contributed by atoms with Crippen molar-refractivity contribution in [1.29, 1.82) is 0 Å². The molecular weight excluding hydrogens is 150 g/mol. The summed E-state index contributed by atoms with van der Waals surface area (Å²) < 4.78 is 0. The molecule has 0 spiro atoms. The van der Waals surface area contributed by atoms with Crippen LogP contribution in [0, 0.1) is 0 Å². The van der Waals surface area contributed by atoms with Crippen LogP contribution in [0.2, 0.25) is 0 Å². The minimum absolute atomic E-state index is 0.474. The largest absolute Gasteiger partial charge is 0.305 e. The molecular formula is C9H23N3. The van der Waals surface area contributed by atoms with E-state index in [0.29, 0.717) is 12.3 Å². The van der Waals surface area contributed by atoms with Crippen LogP contribution in [-0.2, 0) is 0 Å². The zero-order chi connectivity index (χ0) is 9.56.